The van der Waals surface area contributed by atoms with E-state index in [1.807, 2.05) is 67.3 Å². The van der Waals surface area contributed by atoms with Crippen LogP contribution in [0.5, 0.6) is 5.75 Å². The second kappa shape index (κ2) is 9.33. The van der Waals surface area contributed by atoms with Crippen molar-refractivity contribution in [3.05, 3.63) is 83.2 Å². The number of aromatic nitrogens is 2. The van der Waals surface area contributed by atoms with Gasteiger partial charge in [0.2, 0.25) is 0 Å². The fraction of sp³-hybridized carbons (Fsp3) is 0.286. The molecule has 0 saturated carbocycles. The molecule has 4 aromatic rings. The molecule has 2 aromatic carbocycles. The summed E-state index contributed by atoms with van der Waals surface area (Å²) in [6.07, 6.45) is 0. The number of methoxy groups -OCH3 is 1. The number of nitrogens with zero attached hydrogens (tertiary/aromatic N) is 4. The van der Waals surface area contributed by atoms with Crippen LogP contribution in [-0.4, -0.2) is 53.9 Å². The monoisotopic (exact) mass is 470 g/mol. The molecule has 0 radical (unpaired) electrons. The van der Waals surface area contributed by atoms with E-state index in [0.717, 1.165) is 41.5 Å². The SMILES string of the molecule is COc1ccccc1N1CCN(C(=O)c2cc(-c3ccc(C)o3)nn2-c2ccc(C)cc2C)CC1. The van der Waals surface area contributed by atoms with Crippen LogP contribution in [0.3, 0.4) is 0 Å². The number of hydrogen-bond acceptors (Lipinski definition) is 5. The molecule has 1 fully saturated rings. The third-order valence-corrected chi connectivity index (χ3v) is 6.49. The van der Waals surface area contributed by atoms with Gasteiger partial charge in [0.05, 0.1) is 18.5 Å². The normalized spacial score (nSPS) is 13.8. The van der Waals surface area contributed by atoms with Gasteiger partial charge in [-0.15, -0.1) is 0 Å². The third-order valence-electron chi connectivity index (χ3n) is 6.49. The standard InChI is InChI=1S/C28H30N4O3/c1-19-9-11-23(20(2)17-19)32-25(18-22(29-32)26-12-10-21(3)35-26)28(33)31-15-13-30(14-16-31)24-7-5-6-8-27(24)34-4/h5-12,17-18H,13-16H2,1-4H3. The van der Waals surface area contributed by atoms with Gasteiger partial charge in [-0.05, 0) is 56.7 Å². The number of rotatable bonds is 5. The molecule has 1 aliphatic rings. The molecule has 2 aromatic heterocycles. The maximum absolute atomic E-state index is 13.8. The van der Waals surface area contributed by atoms with Crippen molar-refractivity contribution < 1.29 is 13.9 Å². The number of furan rings is 1. The summed E-state index contributed by atoms with van der Waals surface area (Å²) in [6.45, 7) is 8.69. The van der Waals surface area contributed by atoms with E-state index in [0.29, 0.717) is 30.2 Å². The van der Waals surface area contributed by atoms with Gasteiger partial charge < -0.3 is 19.0 Å². The molecular formula is C28H30N4O3. The lowest BCUT2D eigenvalue weighted by atomic mass is 10.1. The molecule has 3 heterocycles. The first-order valence-corrected chi connectivity index (χ1v) is 11.9. The lowest BCUT2D eigenvalue weighted by Gasteiger charge is -2.36. The van der Waals surface area contributed by atoms with Crippen LogP contribution in [0.15, 0.2) is 65.1 Å². The number of amides is 1. The maximum atomic E-state index is 13.8. The van der Waals surface area contributed by atoms with E-state index in [1.54, 1.807) is 11.8 Å². The molecule has 1 saturated heterocycles. The van der Waals surface area contributed by atoms with Crippen molar-refractivity contribution in [2.24, 2.45) is 0 Å². The summed E-state index contributed by atoms with van der Waals surface area (Å²) in [5.74, 6) is 2.27. The average molecular weight is 471 g/mol. The predicted octanol–water partition coefficient (Wildman–Crippen LogP) is 5.03. The second-order valence-corrected chi connectivity index (χ2v) is 8.98. The van der Waals surface area contributed by atoms with Crippen LogP contribution >= 0.6 is 0 Å². The first kappa shape index (κ1) is 22.8. The van der Waals surface area contributed by atoms with Crippen LogP contribution in [0.4, 0.5) is 5.69 Å². The first-order chi connectivity index (χ1) is 16.9. The van der Waals surface area contributed by atoms with Gasteiger partial charge in [0.1, 0.15) is 22.9 Å². The van der Waals surface area contributed by atoms with Crippen LogP contribution in [0, 0.1) is 20.8 Å². The summed E-state index contributed by atoms with van der Waals surface area (Å²) in [7, 11) is 1.69. The Morgan fingerprint density at radius 3 is 2.37 bits per heavy atom. The molecule has 0 atom stereocenters. The van der Waals surface area contributed by atoms with Gasteiger partial charge in [-0.1, -0.05) is 29.8 Å². The third kappa shape index (κ3) is 4.41. The van der Waals surface area contributed by atoms with Gasteiger partial charge in [-0.25, -0.2) is 4.68 Å². The predicted molar refractivity (Wildman–Crippen MR) is 137 cm³/mol. The van der Waals surface area contributed by atoms with E-state index in [4.69, 9.17) is 14.3 Å². The highest BCUT2D eigenvalue weighted by Crippen LogP contribution is 2.30. The number of ether oxygens (including phenoxy) is 1. The number of para-hydroxylation sites is 2. The van der Waals surface area contributed by atoms with E-state index in [9.17, 15) is 4.79 Å². The average Bonchev–Trinajstić information content (AvgIpc) is 3.50. The van der Waals surface area contributed by atoms with Gasteiger partial charge in [-0.3, -0.25) is 4.79 Å². The van der Waals surface area contributed by atoms with Crippen molar-refractivity contribution in [3.63, 3.8) is 0 Å². The molecule has 5 rings (SSSR count). The van der Waals surface area contributed by atoms with Gasteiger partial charge in [0.15, 0.2) is 5.76 Å². The summed E-state index contributed by atoms with van der Waals surface area (Å²) in [4.78, 5) is 17.9. The van der Waals surface area contributed by atoms with Gasteiger partial charge >= 0.3 is 0 Å². The minimum absolute atomic E-state index is 0.0355. The highest BCUT2D eigenvalue weighted by Gasteiger charge is 2.28. The number of anilines is 1. The Kier molecular flexibility index (Phi) is 6.07. The number of aryl methyl sites for hydroxylation is 3. The Bertz CT molecular complexity index is 1360. The van der Waals surface area contributed by atoms with Crippen LogP contribution in [0.1, 0.15) is 27.4 Å². The molecule has 7 heteroatoms. The Hall–Kier alpha value is -4.00. The molecule has 35 heavy (non-hydrogen) atoms. The molecule has 0 unspecified atom stereocenters. The van der Waals surface area contributed by atoms with E-state index in [2.05, 4.69) is 24.0 Å². The van der Waals surface area contributed by atoms with Crippen LogP contribution in [0.2, 0.25) is 0 Å². The highest BCUT2D eigenvalue weighted by atomic mass is 16.5. The number of benzene rings is 2. The van der Waals surface area contributed by atoms with Gasteiger partial charge in [-0.2, -0.15) is 5.10 Å². The molecule has 0 N–H and O–H groups in total. The molecule has 7 nitrogen and oxygen atoms in total. The summed E-state index contributed by atoms with van der Waals surface area (Å²) in [5.41, 5.74) is 5.35. The molecule has 180 valence electrons. The maximum Gasteiger partial charge on any atom is 0.272 e. The van der Waals surface area contributed by atoms with Crippen LogP contribution in [-0.2, 0) is 0 Å². The molecule has 0 spiro atoms. The second-order valence-electron chi connectivity index (χ2n) is 8.98. The van der Waals surface area contributed by atoms with Gasteiger partial charge in [0, 0.05) is 32.2 Å². The largest absolute Gasteiger partial charge is 0.495 e. The zero-order valence-electron chi connectivity index (χ0n) is 20.6. The van der Waals surface area contributed by atoms with E-state index < -0.39 is 0 Å². The Morgan fingerprint density at radius 1 is 0.914 bits per heavy atom. The topological polar surface area (TPSA) is 63.7 Å². The Labute approximate surface area is 205 Å². The highest BCUT2D eigenvalue weighted by molar-refractivity contribution is 5.94. The minimum Gasteiger partial charge on any atom is -0.495 e. The fourth-order valence-corrected chi connectivity index (χ4v) is 4.66. The van der Waals surface area contributed by atoms with Crippen molar-refractivity contribution in [3.8, 4) is 22.9 Å². The zero-order chi connectivity index (χ0) is 24.5. The molecule has 1 aliphatic heterocycles. The molecule has 1 amide bonds. The zero-order valence-corrected chi connectivity index (χ0v) is 20.6. The lowest BCUT2D eigenvalue weighted by Crippen LogP contribution is -2.49. The van der Waals surface area contributed by atoms with E-state index in [-0.39, 0.29) is 5.91 Å². The first-order valence-electron chi connectivity index (χ1n) is 11.9. The van der Waals surface area contributed by atoms with Crippen LogP contribution < -0.4 is 9.64 Å². The minimum atomic E-state index is -0.0355. The summed E-state index contributed by atoms with van der Waals surface area (Å²) < 4.78 is 13.1. The van der Waals surface area contributed by atoms with Crippen molar-refractivity contribution >= 4 is 11.6 Å². The van der Waals surface area contributed by atoms with Crippen molar-refractivity contribution in [1.82, 2.24) is 14.7 Å². The van der Waals surface area contributed by atoms with E-state index >= 15 is 0 Å². The van der Waals surface area contributed by atoms with Crippen molar-refractivity contribution in [2.75, 3.05) is 38.2 Å². The lowest BCUT2D eigenvalue weighted by molar-refractivity contribution is 0.0737. The number of carbonyl (C=O) groups excluding carboxylic acids is 1. The fourth-order valence-electron chi connectivity index (χ4n) is 4.66. The van der Waals surface area contributed by atoms with Crippen molar-refractivity contribution in [1.29, 1.82) is 0 Å². The molecule has 0 bridgehead atoms. The molecule has 0 aliphatic carbocycles. The number of hydrogen-bond donors (Lipinski definition) is 0. The summed E-state index contributed by atoms with van der Waals surface area (Å²) in [5, 5.41) is 4.80. The van der Waals surface area contributed by atoms with Crippen molar-refractivity contribution in [2.45, 2.75) is 20.8 Å². The molecular weight excluding hydrogens is 440 g/mol. The van der Waals surface area contributed by atoms with Crippen LogP contribution in [0.25, 0.3) is 17.1 Å². The summed E-state index contributed by atoms with van der Waals surface area (Å²) in [6, 6.07) is 19.8. The van der Waals surface area contributed by atoms with Gasteiger partial charge in [0.25, 0.3) is 5.91 Å². The smallest absolute Gasteiger partial charge is 0.272 e. The summed E-state index contributed by atoms with van der Waals surface area (Å²) >= 11 is 0. The quantitative estimate of drug-likeness (QED) is 0.409. The number of carbonyl (C=O) groups is 1. The Balaban J connectivity index is 1.44. The Morgan fingerprint density at radius 2 is 1.69 bits per heavy atom. The number of piperazine rings is 1. The van der Waals surface area contributed by atoms with E-state index in [1.165, 1.54) is 5.56 Å².